The van der Waals surface area contributed by atoms with Crippen LogP contribution in [0.3, 0.4) is 0 Å². The number of carbonyl (C=O) groups excluding carboxylic acids is 1. The highest BCUT2D eigenvalue weighted by Crippen LogP contribution is 2.39. The lowest BCUT2D eigenvalue weighted by atomic mass is 9.89. The number of aromatic nitrogens is 2. The van der Waals surface area contributed by atoms with E-state index in [0.29, 0.717) is 24.2 Å². The molecule has 1 saturated heterocycles. The Kier molecular flexibility index (Phi) is 8.93. The molecule has 0 radical (unpaired) electrons. The molecule has 2 aromatic rings. The molecule has 1 fully saturated rings. The van der Waals surface area contributed by atoms with Crippen molar-refractivity contribution in [1.29, 1.82) is 0 Å². The van der Waals surface area contributed by atoms with Gasteiger partial charge >= 0.3 is 12.3 Å². The molecule has 6 nitrogen and oxygen atoms in total. The average molecular weight is 583 g/mol. The first-order valence-electron chi connectivity index (χ1n) is 12.3. The third-order valence-electron chi connectivity index (χ3n) is 5.97. The molecule has 0 bridgehead atoms. The SMILES string of the molecule is C/C=C(\c1ccc(Br)cc1C(C)C)c1nc(NC2CCCN(C(=O)OC(C)(C)C)C2)ncc1C(F)(F)F. The van der Waals surface area contributed by atoms with Crippen LogP contribution in [-0.4, -0.2) is 45.7 Å². The molecule has 2 heterocycles. The Morgan fingerprint density at radius 1 is 1.27 bits per heavy atom. The van der Waals surface area contributed by atoms with Crippen LogP contribution in [0.5, 0.6) is 0 Å². The molecule has 37 heavy (non-hydrogen) atoms. The van der Waals surface area contributed by atoms with Gasteiger partial charge in [0.25, 0.3) is 0 Å². The normalized spacial score (nSPS) is 17.2. The molecule has 202 valence electrons. The standard InChI is InChI=1S/C27H34BrF3N4O2/c1-7-19(20-11-10-17(28)13-21(20)16(2)3)23-22(27(29,30)31)14-32-24(34-23)33-18-9-8-12-35(15-18)25(36)37-26(4,5)6/h7,10-11,13-14,16,18H,8-9,12,15H2,1-6H3,(H,32,33,34)/b19-7+. The van der Waals surface area contributed by atoms with Crippen LogP contribution in [0.15, 0.2) is 34.9 Å². The molecule has 1 aliphatic rings. The molecule has 0 saturated carbocycles. The lowest BCUT2D eigenvalue weighted by Crippen LogP contribution is -2.47. The molecule has 1 aromatic heterocycles. The van der Waals surface area contributed by atoms with E-state index in [1.165, 1.54) is 0 Å². The number of amides is 1. The predicted octanol–water partition coefficient (Wildman–Crippen LogP) is 7.64. The number of ether oxygens (including phenoxy) is 1. The van der Waals surface area contributed by atoms with E-state index in [4.69, 9.17) is 4.74 Å². The number of hydrogen-bond acceptors (Lipinski definition) is 5. The van der Waals surface area contributed by atoms with Gasteiger partial charge in [0.15, 0.2) is 0 Å². The van der Waals surface area contributed by atoms with Crippen molar-refractivity contribution >= 4 is 33.5 Å². The average Bonchev–Trinajstić information content (AvgIpc) is 2.79. The van der Waals surface area contributed by atoms with Gasteiger partial charge in [-0.2, -0.15) is 13.2 Å². The lowest BCUT2D eigenvalue weighted by molar-refractivity contribution is -0.138. The van der Waals surface area contributed by atoms with E-state index in [2.05, 4.69) is 31.2 Å². The number of anilines is 1. The van der Waals surface area contributed by atoms with Gasteiger partial charge < -0.3 is 15.0 Å². The number of rotatable bonds is 5. The van der Waals surface area contributed by atoms with Crippen LogP contribution in [0.1, 0.15) is 82.7 Å². The molecule has 1 atom stereocenters. The number of carbonyl (C=O) groups is 1. The fourth-order valence-electron chi connectivity index (χ4n) is 4.31. The van der Waals surface area contributed by atoms with E-state index in [0.717, 1.165) is 29.1 Å². The zero-order valence-electron chi connectivity index (χ0n) is 22.0. The maximum absolute atomic E-state index is 14.1. The van der Waals surface area contributed by atoms with Crippen LogP contribution in [0.2, 0.25) is 0 Å². The van der Waals surface area contributed by atoms with Crippen molar-refractivity contribution in [1.82, 2.24) is 14.9 Å². The van der Waals surface area contributed by atoms with Gasteiger partial charge in [0, 0.05) is 35.4 Å². The van der Waals surface area contributed by atoms with Crippen LogP contribution in [0.4, 0.5) is 23.9 Å². The number of nitrogens with one attached hydrogen (secondary N) is 1. The first kappa shape index (κ1) is 28.9. The molecule has 1 unspecified atom stereocenters. The molecule has 1 aromatic carbocycles. The Morgan fingerprint density at radius 3 is 2.57 bits per heavy atom. The highest BCUT2D eigenvalue weighted by atomic mass is 79.9. The number of piperidine rings is 1. The molecule has 3 rings (SSSR count). The van der Waals surface area contributed by atoms with Crippen molar-refractivity contribution in [3.8, 4) is 0 Å². The Bertz CT molecular complexity index is 1160. The van der Waals surface area contributed by atoms with Gasteiger partial charge in [0.05, 0.1) is 5.69 Å². The Morgan fingerprint density at radius 2 is 1.97 bits per heavy atom. The Balaban J connectivity index is 1.96. The summed E-state index contributed by atoms with van der Waals surface area (Å²) in [5.74, 6) is 0.166. The van der Waals surface area contributed by atoms with E-state index < -0.39 is 23.4 Å². The van der Waals surface area contributed by atoms with E-state index in [1.807, 2.05) is 32.0 Å². The maximum Gasteiger partial charge on any atom is 0.419 e. The van der Waals surface area contributed by atoms with Crippen LogP contribution in [0, 0.1) is 0 Å². The highest BCUT2D eigenvalue weighted by Gasteiger charge is 2.37. The first-order valence-corrected chi connectivity index (χ1v) is 13.1. The van der Waals surface area contributed by atoms with Crippen molar-refractivity contribution in [3.63, 3.8) is 0 Å². The zero-order valence-corrected chi connectivity index (χ0v) is 23.6. The summed E-state index contributed by atoms with van der Waals surface area (Å²) >= 11 is 3.46. The Labute approximate surface area is 224 Å². The number of hydrogen-bond donors (Lipinski definition) is 1. The monoisotopic (exact) mass is 582 g/mol. The summed E-state index contributed by atoms with van der Waals surface area (Å²) in [6.07, 6.45) is -1.12. The molecule has 1 amide bonds. The number of allylic oxidation sites excluding steroid dienone is 1. The lowest BCUT2D eigenvalue weighted by Gasteiger charge is -2.34. The summed E-state index contributed by atoms with van der Waals surface area (Å²) < 4.78 is 48.5. The van der Waals surface area contributed by atoms with Crippen molar-refractivity contribution in [2.24, 2.45) is 0 Å². The minimum Gasteiger partial charge on any atom is -0.444 e. The molecule has 0 aliphatic carbocycles. The molecular formula is C27H34BrF3N4O2. The van der Waals surface area contributed by atoms with Gasteiger partial charge in [0.2, 0.25) is 5.95 Å². The zero-order chi connectivity index (χ0) is 27.5. The van der Waals surface area contributed by atoms with Gasteiger partial charge in [0.1, 0.15) is 11.2 Å². The largest absolute Gasteiger partial charge is 0.444 e. The number of alkyl halides is 3. The minimum absolute atomic E-state index is 0.0808. The Hall–Kier alpha value is -2.62. The summed E-state index contributed by atoms with van der Waals surface area (Å²) in [5.41, 5.74) is 0.272. The molecule has 0 spiro atoms. The predicted molar refractivity (Wildman–Crippen MR) is 142 cm³/mol. The van der Waals surface area contributed by atoms with Crippen molar-refractivity contribution < 1.29 is 22.7 Å². The fraction of sp³-hybridized carbons (Fsp3) is 0.519. The summed E-state index contributed by atoms with van der Waals surface area (Å²) in [7, 11) is 0. The van der Waals surface area contributed by atoms with Gasteiger partial charge in [-0.3, -0.25) is 0 Å². The number of likely N-dealkylation sites (tertiary alicyclic amines) is 1. The van der Waals surface area contributed by atoms with Crippen LogP contribution in [-0.2, 0) is 10.9 Å². The molecule has 1 N–H and O–H groups in total. The highest BCUT2D eigenvalue weighted by molar-refractivity contribution is 9.10. The third kappa shape index (κ3) is 7.46. The van der Waals surface area contributed by atoms with Crippen LogP contribution < -0.4 is 5.32 Å². The van der Waals surface area contributed by atoms with Crippen LogP contribution >= 0.6 is 15.9 Å². The van der Waals surface area contributed by atoms with Crippen LogP contribution in [0.25, 0.3) is 5.57 Å². The fourth-order valence-corrected chi connectivity index (χ4v) is 4.69. The van der Waals surface area contributed by atoms with E-state index in [1.54, 1.807) is 38.7 Å². The summed E-state index contributed by atoms with van der Waals surface area (Å²) in [6.45, 7) is 12.0. The molecule has 10 heteroatoms. The summed E-state index contributed by atoms with van der Waals surface area (Å²) in [4.78, 5) is 22.5. The smallest absolute Gasteiger partial charge is 0.419 e. The van der Waals surface area contributed by atoms with Gasteiger partial charge in [-0.25, -0.2) is 14.8 Å². The van der Waals surface area contributed by atoms with E-state index >= 15 is 0 Å². The second-order valence-electron chi connectivity index (χ2n) is 10.5. The molecule has 1 aliphatic heterocycles. The third-order valence-corrected chi connectivity index (χ3v) is 6.46. The summed E-state index contributed by atoms with van der Waals surface area (Å²) in [6, 6.07) is 5.32. The van der Waals surface area contributed by atoms with Gasteiger partial charge in [-0.05, 0) is 69.7 Å². The van der Waals surface area contributed by atoms with E-state index in [-0.39, 0.29) is 23.6 Å². The second-order valence-corrected chi connectivity index (χ2v) is 11.4. The topological polar surface area (TPSA) is 67.4 Å². The minimum atomic E-state index is -4.63. The second kappa shape index (κ2) is 11.4. The maximum atomic E-state index is 14.1. The number of halogens is 4. The van der Waals surface area contributed by atoms with Crippen molar-refractivity contribution in [3.05, 3.63) is 57.3 Å². The van der Waals surface area contributed by atoms with E-state index in [9.17, 15) is 18.0 Å². The number of nitrogens with zero attached hydrogens (tertiary/aromatic N) is 3. The number of benzene rings is 1. The van der Waals surface area contributed by atoms with Gasteiger partial charge in [-0.15, -0.1) is 0 Å². The summed E-state index contributed by atoms with van der Waals surface area (Å²) in [5, 5.41) is 3.15. The van der Waals surface area contributed by atoms with Crippen molar-refractivity contribution in [2.45, 2.75) is 78.1 Å². The van der Waals surface area contributed by atoms with Gasteiger partial charge in [-0.1, -0.05) is 41.9 Å². The molecular weight excluding hydrogens is 549 g/mol. The quantitative estimate of drug-likeness (QED) is 0.392. The van der Waals surface area contributed by atoms with Crippen molar-refractivity contribution in [2.75, 3.05) is 18.4 Å². The first-order chi connectivity index (χ1) is 17.2.